The highest BCUT2D eigenvalue weighted by Crippen LogP contribution is 2.51. The van der Waals surface area contributed by atoms with E-state index < -0.39 is 0 Å². The molecule has 0 bridgehead atoms. The van der Waals surface area contributed by atoms with E-state index in [4.69, 9.17) is 28.9 Å². The van der Waals surface area contributed by atoms with Crippen LogP contribution in [0.1, 0.15) is 37.7 Å². The number of nitrogens with zero attached hydrogens (tertiary/aromatic N) is 1. The van der Waals surface area contributed by atoms with Crippen LogP contribution in [0.3, 0.4) is 0 Å². The Morgan fingerprint density at radius 1 is 1.39 bits per heavy atom. The highest BCUT2D eigenvalue weighted by atomic mass is 35.5. The van der Waals surface area contributed by atoms with Gasteiger partial charge in [0.25, 0.3) is 0 Å². The fourth-order valence-electron chi connectivity index (χ4n) is 3.49. The van der Waals surface area contributed by atoms with Gasteiger partial charge in [0.15, 0.2) is 0 Å². The van der Waals surface area contributed by atoms with Crippen molar-refractivity contribution in [2.45, 2.75) is 38.1 Å². The second kappa shape index (κ2) is 7.60. The molecule has 23 heavy (non-hydrogen) atoms. The Morgan fingerprint density at radius 3 is 2.78 bits per heavy atom. The molecule has 0 aromatic heterocycles. The largest absolute Gasteiger partial charge is 0.342 e. The van der Waals surface area contributed by atoms with Gasteiger partial charge < -0.3 is 10.6 Å². The molecule has 0 radical (unpaired) electrons. The molecular weight excluding hydrogens is 355 g/mol. The van der Waals surface area contributed by atoms with Crippen molar-refractivity contribution >= 4 is 41.5 Å². The molecule has 6 heteroatoms. The third kappa shape index (κ3) is 4.14. The second-order valence-corrected chi connectivity index (χ2v) is 7.50. The molecule has 1 aromatic carbocycles. The average Bonchev–Trinajstić information content (AvgIpc) is 3.27. The third-order valence-electron chi connectivity index (χ3n) is 4.98. The lowest BCUT2D eigenvalue weighted by Gasteiger charge is -2.35. The van der Waals surface area contributed by atoms with Crippen LogP contribution in [-0.2, 0) is 4.79 Å². The smallest absolute Gasteiger partial charge is 0.226 e. The lowest BCUT2D eigenvalue weighted by Crippen LogP contribution is -2.45. The van der Waals surface area contributed by atoms with Gasteiger partial charge in [0.2, 0.25) is 5.91 Å². The Hall–Kier alpha value is -0.480. The maximum Gasteiger partial charge on any atom is 0.226 e. The summed E-state index contributed by atoms with van der Waals surface area (Å²) in [4.78, 5) is 14.7. The standard InChI is InChI=1S/C17H22Cl2N2O.ClH/c1-10(20)11-3-2-6-21(9-11)17(22)15-8-14(15)13-5-4-12(18)7-16(13)19;/h4-5,7,10-11,14-15H,2-3,6,8-9,20H2,1H3;1H. The summed E-state index contributed by atoms with van der Waals surface area (Å²) in [6.07, 6.45) is 3.06. The summed E-state index contributed by atoms with van der Waals surface area (Å²) in [5.74, 6) is 1.01. The molecule has 1 heterocycles. The number of halogens is 3. The zero-order chi connectivity index (χ0) is 15.9. The molecule has 1 saturated heterocycles. The minimum atomic E-state index is 0. The van der Waals surface area contributed by atoms with E-state index in [2.05, 4.69) is 0 Å². The van der Waals surface area contributed by atoms with Crippen LogP contribution in [0.25, 0.3) is 0 Å². The summed E-state index contributed by atoms with van der Waals surface area (Å²) in [7, 11) is 0. The first-order chi connectivity index (χ1) is 10.5. The molecule has 1 amide bonds. The van der Waals surface area contributed by atoms with Gasteiger partial charge >= 0.3 is 0 Å². The molecule has 4 atom stereocenters. The molecule has 2 aliphatic rings. The molecule has 1 aliphatic heterocycles. The number of hydrogen-bond acceptors (Lipinski definition) is 2. The first-order valence-corrected chi connectivity index (χ1v) is 8.72. The maximum atomic E-state index is 12.7. The zero-order valence-corrected chi connectivity index (χ0v) is 15.5. The van der Waals surface area contributed by atoms with Gasteiger partial charge in [-0.25, -0.2) is 0 Å². The Kier molecular flexibility index (Phi) is 6.23. The predicted molar refractivity (Wildman–Crippen MR) is 97.5 cm³/mol. The zero-order valence-electron chi connectivity index (χ0n) is 13.2. The summed E-state index contributed by atoms with van der Waals surface area (Å²) in [5.41, 5.74) is 7.05. The Bertz CT molecular complexity index is 579. The van der Waals surface area contributed by atoms with Crippen LogP contribution < -0.4 is 5.73 Å². The van der Waals surface area contributed by atoms with Gasteiger partial charge in [0, 0.05) is 35.1 Å². The predicted octanol–water partition coefficient (Wildman–Crippen LogP) is 4.10. The van der Waals surface area contributed by atoms with E-state index in [1.807, 2.05) is 24.0 Å². The van der Waals surface area contributed by atoms with Gasteiger partial charge in [-0.2, -0.15) is 0 Å². The SMILES string of the molecule is CC(N)C1CCCN(C(=O)C2CC2c2ccc(Cl)cc2Cl)C1.Cl. The van der Waals surface area contributed by atoms with Crippen LogP contribution in [0.15, 0.2) is 18.2 Å². The average molecular weight is 378 g/mol. The Labute approximate surface area is 153 Å². The molecule has 4 unspecified atom stereocenters. The van der Waals surface area contributed by atoms with Crippen LogP contribution in [-0.4, -0.2) is 29.9 Å². The fourth-order valence-corrected chi connectivity index (χ4v) is 4.04. The van der Waals surface area contributed by atoms with E-state index in [0.717, 1.165) is 37.9 Å². The first-order valence-electron chi connectivity index (χ1n) is 7.96. The number of nitrogens with two attached hydrogens (primary N) is 1. The monoisotopic (exact) mass is 376 g/mol. The number of carbonyl (C=O) groups excluding carboxylic acids is 1. The topological polar surface area (TPSA) is 46.3 Å². The minimum Gasteiger partial charge on any atom is -0.342 e. The van der Waals surface area contributed by atoms with E-state index in [9.17, 15) is 4.79 Å². The maximum absolute atomic E-state index is 12.7. The summed E-state index contributed by atoms with van der Waals surface area (Å²) in [6, 6.07) is 5.70. The van der Waals surface area contributed by atoms with Crippen LogP contribution in [0.5, 0.6) is 0 Å². The molecule has 1 aromatic rings. The summed E-state index contributed by atoms with van der Waals surface area (Å²) in [6.45, 7) is 3.69. The Balaban J connectivity index is 0.00000192. The van der Waals surface area contributed by atoms with E-state index in [1.54, 1.807) is 6.07 Å². The van der Waals surface area contributed by atoms with Crippen molar-refractivity contribution in [2.75, 3.05) is 13.1 Å². The van der Waals surface area contributed by atoms with E-state index in [0.29, 0.717) is 16.0 Å². The molecule has 1 saturated carbocycles. The second-order valence-electron chi connectivity index (χ2n) is 6.66. The van der Waals surface area contributed by atoms with Crippen LogP contribution in [0.2, 0.25) is 10.0 Å². The van der Waals surface area contributed by atoms with Gasteiger partial charge in [-0.15, -0.1) is 12.4 Å². The number of hydrogen-bond donors (Lipinski definition) is 1. The van der Waals surface area contributed by atoms with E-state index in [1.165, 1.54) is 0 Å². The van der Waals surface area contributed by atoms with Crippen LogP contribution in [0, 0.1) is 11.8 Å². The molecular formula is C17H23Cl3N2O. The normalized spacial score (nSPS) is 28.0. The van der Waals surface area contributed by atoms with Gasteiger partial charge in [0.05, 0.1) is 0 Å². The van der Waals surface area contributed by atoms with Crippen molar-refractivity contribution in [3.05, 3.63) is 33.8 Å². The van der Waals surface area contributed by atoms with E-state index >= 15 is 0 Å². The van der Waals surface area contributed by atoms with E-state index in [-0.39, 0.29) is 36.2 Å². The van der Waals surface area contributed by atoms with Crippen molar-refractivity contribution < 1.29 is 4.79 Å². The number of likely N-dealkylation sites (tertiary alicyclic amines) is 1. The van der Waals surface area contributed by atoms with Gasteiger partial charge in [-0.1, -0.05) is 29.3 Å². The molecule has 2 N–H and O–H groups in total. The molecule has 128 valence electrons. The van der Waals surface area contributed by atoms with Crippen molar-refractivity contribution in [2.24, 2.45) is 17.6 Å². The van der Waals surface area contributed by atoms with Gasteiger partial charge in [-0.05, 0) is 55.7 Å². The van der Waals surface area contributed by atoms with Gasteiger partial charge in [0.1, 0.15) is 0 Å². The number of piperidine rings is 1. The number of amides is 1. The van der Waals surface area contributed by atoms with Crippen LogP contribution >= 0.6 is 35.6 Å². The Morgan fingerprint density at radius 2 is 2.13 bits per heavy atom. The van der Waals surface area contributed by atoms with Gasteiger partial charge in [-0.3, -0.25) is 4.79 Å². The molecule has 0 spiro atoms. The number of carbonyl (C=O) groups is 1. The minimum absolute atomic E-state index is 0. The highest BCUT2D eigenvalue weighted by Gasteiger charge is 2.47. The van der Waals surface area contributed by atoms with Crippen LogP contribution in [0.4, 0.5) is 0 Å². The van der Waals surface area contributed by atoms with Crippen molar-refractivity contribution in [1.29, 1.82) is 0 Å². The fraction of sp³-hybridized carbons (Fsp3) is 0.588. The lowest BCUT2D eigenvalue weighted by molar-refractivity contribution is -0.134. The highest BCUT2D eigenvalue weighted by molar-refractivity contribution is 6.35. The summed E-state index contributed by atoms with van der Waals surface area (Å²) < 4.78 is 0. The quantitative estimate of drug-likeness (QED) is 0.862. The summed E-state index contributed by atoms with van der Waals surface area (Å²) in [5, 5.41) is 1.30. The third-order valence-corrected chi connectivity index (χ3v) is 5.55. The molecule has 2 fully saturated rings. The number of benzene rings is 1. The molecule has 1 aliphatic carbocycles. The first kappa shape index (κ1) is 18.9. The van der Waals surface area contributed by atoms with Crippen molar-refractivity contribution in [3.8, 4) is 0 Å². The van der Waals surface area contributed by atoms with Crippen molar-refractivity contribution in [1.82, 2.24) is 4.90 Å². The molecule has 3 nitrogen and oxygen atoms in total. The lowest BCUT2D eigenvalue weighted by atomic mass is 9.92. The summed E-state index contributed by atoms with van der Waals surface area (Å²) >= 11 is 12.2. The number of rotatable bonds is 3. The van der Waals surface area contributed by atoms with Crippen molar-refractivity contribution in [3.63, 3.8) is 0 Å². The molecule has 3 rings (SSSR count).